The lowest BCUT2D eigenvalue weighted by Gasteiger charge is -2.31. The SMILES string of the molecule is CCCCCCCCCCCc1c2c(cc3c1OC1C=CC([N+](=O)[O-])=CC1=N3)N=C1C=C([N+](=O)[O-])C=CC1O2. The van der Waals surface area contributed by atoms with Crippen LogP contribution in [0.4, 0.5) is 11.4 Å². The van der Waals surface area contributed by atoms with Gasteiger partial charge in [-0.1, -0.05) is 58.3 Å². The highest BCUT2D eigenvalue weighted by Crippen LogP contribution is 2.50. The second-order valence-electron chi connectivity index (χ2n) is 10.2. The molecule has 0 fully saturated rings. The standard InChI is InChI=1S/C29H32N4O6/c1-2-3-4-5-6-7-8-9-10-11-21-28-24(30-22-16-19(32(34)35)12-14-26(22)38-28)18-25-29(21)39-27-15-13-20(33(36)37)17-23(27)31-25/h12-18,26-27H,2-11H2,1H3. The molecule has 0 spiro atoms. The molecule has 4 aliphatic rings. The van der Waals surface area contributed by atoms with E-state index in [9.17, 15) is 20.2 Å². The molecule has 0 saturated carbocycles. The van der Waals surface area contributed by atoms with E-state index >= 15 is 0 Å². The van der Waals surface area contributed by atoms with Gasteiger partial charge in [0.2, 0.25) is 0 Å². The molecule has 2 atom stereocenters. The molecule has 204 valence electrons. The van der Waals surface area contributed by atoms with Crippen molar-refractivity contribution in [2.24, 2.45) is 9.98 Å². The minimum absolute atomic E-state index is 0.0530. The Balaban J connectivity index is 1.42. The van der Waals surface area contributed by atoms with E-state index in [-0.39, 0.29) is 11.4 Å². The largest absolute Gasteiger partial charge is 0.477 e. The van der Waals surface area contributed by atoms with Gasteiger partial charge in [0.05, 0.1) is 21.3 Å². The molecule has 0 aromatic heterocycles. The van der Waals surface area contributed by atoms with Gasteiger partial charge in [-0.3, -0.25) is 20.2 Å². The molecule has 39 heavy (non-hydrogen) atoms. The van der Waals surface area contributed by atoms with Crippen LogP contribution in [0.5, 0.6) is 11.5 Å². The summed E-state index contributed by atoms with van der Waals surface area (Å²) < 4.78 is 12.7. The minimum atomic E-state index is -0.524. The second kappa shape index (κ2) is 11.8. The number of ether oxygens (including phenoxy) is 2. The van der Waals surface area contributed by atoms with Crippen molar-refractivity contribution in [2.75, 3.05) is 0 Å². The minimum Gasteiger partial charge on any atom is -0.477 e. The molecule has 10 nitrogen and oxygen atoms in total. The Morgan fingerprint density at radius 3 is 1.67 bits per heavy atom. The number of nitro groups is 2. The number of hydrogen-bond acceptors (Lipinski definition) is 8. The lowest BCUT2D eigenvalue weighted by molar-refractivity contribution is -0.419. The second-order valence-corrected chi connectivity index (χ2v) is 10.2. The average molecular weight is 533 g/mol. The molecule has 1 aromatic rings. The van der Waals surface area contributed by atoms with Gasteiger partial charge in [-0.2, -0.15) is 0 Å². The highest BCUT2D eigenvalue weighted by molar-refractivity contribution is 6.07. The predicted molar refractivity (Wildman–Crippen MR) is 149 cm³/mol. The molecule has 0 amide bonds. The first-order valence-corrected chi connectivity index (χ1v) is 13.7. The lowest BCUT2D eigenvalue weighted by Crippen LogP contribution is -2.31. The first-order chi connectivity index (χ1) is 18.9. The third kappa shape index (κ3) is 5.84. The van der Waals surface area contributed by atoms with Gasteiger partial charge in [0.1, 0.15) is 11.4 Å². The number of nitrogens with zero attached hydrogens (tertiary/aromatic N) is 4. The Labute approximate surface area is 226 Å². The Morgan fingerprint density at radius 1 is 0.744 bits per heavy atom. The highest BCUT2D eigenvalue weighted by atomic mass is 16.6. The Kier molecular flexibility index (Phi) is 7.99. The number of benzene rings is 1. The number of rotatable bonds is 12. The van der Waals surface area contributed by atoms with Crippen molar-refractivity contribution in [2.45, 2.75) is 83.3 Å². The molecule has 2 heterocycles. The number of allylic oxidation sites excluding steroid dienone is 2. The van der Waals surface area contributed by atoms with Crippen LogP contribution in [0.2, 0.25) is 0 Å². The van der Waals surface area contributed by atoms with Crippen LogP contribution in [-0.2, 0) is 6.42 Å². The van der Waals surface area contributed by atoms with Gasteiger partial charge in [-0.15, -0.1) is 0 Å². The summed E-state index contributed by atoms with van der Waals surface area (Å²) in [6.07, 6.45) is 19.5. The van der Waals surface area contributed by atoms with Gasteiger partial charge in [0, 0.05) is 29.9 Å². The van der Waals surface area contributed by atoms with E-state index in [2.05, 4.69) is 6.92 Å². The summed E-state index contributed by atoms with van der Waals surface area (Å²) in [5.74, 6) is 1.20. The molecular weight excluding hydrogens is 500 g/mol. The lowest BCUT2D eigenvalue weighted by atomic mass is 9.97. The van der Waals surface area contributed by atoms with Crippen LogP contribution >= 0.6 is 0 Å². The summed E-state index contributed by atoms with van der Waals surface area (Å²) in [6.45, 7) is 2.23. The van der Waals surface area contributed by atoms with Gasteiger partial charge < -0.3 is 9.47 Å². The van der Waals surface area contributed by atoms with Crippen molar-refractivity contribution in [3.8, 4) is 11.5 Å². The monoisotopic (exact) mass is 532 g/mol. The molecule has 0 N–H and O–H groups in total. The van der Waals surface area contributed by atoms with Gasteiger partial charge in [-0.05, 0) is 31.1 Å². The van der Waals surface area contributed by atoms with Crippen molar-refractivity contribution in [3.63, 3.8) is 0 Å². The van der Waals surface area contributed by atoms with E-state index in [1.165, 1.54) is 62.8 Å². The fraction of sp³-hybridized carbons (Fsp3) is 0.448. The van der Waals surface area contributed by atoms with E-state index in [1.54, 1.807) is 18.2 Å². The Morgan fingerprint density at radius 2 is 1.21 bits per heavy atom. The third-order valence-electron chi connectivity index (χ3n) is 7.29. The first-order valence-electron chi connectivity index (χ1n) is 13.7. The zero-order valence-electron chi connectivity index (χ0n) is 22.0. The molecule has 2 unspecified atom stereocenters. The average Bonchev–Trinajstić information content (AvgIpc) is 2.93. The predicted octanol–water partition coefficient (Wildman–Crippen LogP) is 6.89. The fourth-order valence-corrected chi connectivity index (χ4v) is 5.22. The number of unbranched alkanes of at least 4 members (excludes halogenated alkanes) is 8. The van der Waals surface area contributed by atoms with Crippen LogP contribution in [-0.4, -0.2) is 33.5 Å². The summed E-state index contributed by atoms with van der Waals surface area (Å²) in [7, 11) is 0. The highest BCUT2D eigenvalue weighted by Gasteiger charge is 2.34. The van der Waals surface area contributed by atoms with E-state index in [0.29, 0.717) is 40.7 Å². The van der Waals surface area contributed by atoms with Crippen LogP contribution in [0.25, 0.3) is 0 Å². The van der Waals surface area contributed by atoms with E-state index < -0.39 is 22.1 Å². The van der Waals surface area contributed by atoms with E-state index in [4.69, 9.17) is 19.5 Å². The van der Waals surface area contributed by atoms with Crippen molar-refractivity contribution < 1.29 is 19.3 Å². The number of aliphatic imine (C=N–C) groups is 2. The third-order valence-corrected chi connectivity index (χ3v) is 7.29. The van der Waals surface area contributed by atoms with Crippen LogP contribution < -0.4 is 9.47 Å². The van der Waals surface area contributed by atoms with Gasteiger partial charge in [-0.25, -0.2) is 9.98 Å². The van der Waals surface area contributed by atoms with Gasteiger partial charge in [0.15, 0.2) is 23.7 Å². The van der Waals surface area contributed by atoms with Crippen LogP contribution in [0, 0.1) is 20.2 Å². The quantitative estimate of drug-likeness (QED) is 0.164. The maximum atomic E-state index is 11.3. The smallest absolute Gasteiger partial charge is 0.271 e. The van der Waals surface area contributed by atoms with Crippen molar-refractivity contribution in [1.29, 1.82) is 0 Å². The summed E-state index contributed by atoms with van der Waals surface area (Å²) in [6, 6.07) is 1.73. The first kappa shape index (κ1) is 26.5. The molecule has 2 aliphatic heterocycles. The van der Waals surface area contributed by atoms with Gasteiger partial charge >= 0.3 is 0 Å². The molecule has 2 aliphatic carbocycles. The van der Waals surface area contributed by atoms with Crippen molar-refractivity contribution in [1.82, 2.24) is 0 Å². The van der Waals surface area contributed by atoms with Crippen LogP contribution in [0.1, 0.15) is 70.3 Å². The number of hydrogen-bond donors (Lipinski definition) is 0. The van der Waals surface area contributed by atoms with E-state index in [1.807, 2.05) is 0 Å². The van der Waals surface area contributed by atoms with Crippen molar-refractivity contribution >= 4 is 22.8 Å². The van der Waals surface area contributed by atoms with E-state index in [0.717, 1.165) is 24.8 Å². The van der Waals surface area contributed by atoms with Crippen LogP contribution in [0.3, 0.4) is 0 Å². The summed E-state index contributed by atoms with van der Waals surface area (Å²) in [4.78, 5) is 31.1. The molecule has 0 saturated heterocycles. The molecule has 10 heteroatoms. The maximum Gasteiger partial charge on any atom is 0.271 e. The Bertz CT molecular complexity index is 1270. The molecular formula is C29H32N4O6. The maximum absolute atomic E-state index is 11.3. The topological polar surface area (TPSA) is 129 Å². The van der Waals surface area contributed by atoms with Crippen molar-refractivity contribution in [3.05, 3.63) is 79.7 Å². The molecule has 1 aromatic carbocycles. The van der Waals surface area contributed by atoms with Gasteiger partial charge in [0.25, 0.3) is 11.4 Å². The molecule has 0 bridgehead atoms. The number of fused-ring (bicyclic) bond motifs is 4. The molecule has 5 rings (SSSR count). The Hall–Kier alpha value is -4.08. The summed E-state index contributed by atoms with van der Waals surface area (Å²) >= 11 is 0. The zero-order chi connectivity index (χ0) is 27.4. The molecule has 0 radical (unpaired) electrons. The van der Waals surface area contributed by atoms with Crippen LogP contribution in [0.15, 0.2) is 63.9 Å². The normalized spacial score (nSPS) is 20.1. The summed E-state index contributed by atoms with van der Waals surface area (Å²) in [5, 5.41) is 22.6. The summed E-state index contributed by atoms with van der Waals surface area (Å²) in [5.41, 5.74) is 2.71. The zero-order valence-corrected chi connectivity index (χ0v) is 22.0. The fourth-order valence-electron chi connectivity index (χ4n) is 5.22.